The normalized spacial score (nSPS) is 20.9. The van der Waals surface area contributed by atoms with E-state index in [2.05, 4.69) is 41.8 Å². The van der Waals surface area contributed by atoms with Crippen molar-refractivity contribution in [1.29, 1.82) is 0 Å². The summed E-state index contributed by atoms with van der Waals surface area (Å²) in [6.45, 7) is 11.1. The summed E-state index contributed by atoms with van der Waals surface area (Å²) in [4.78, 5) is 31.5. The predicted octanol–water partition coefficient (Wildman–Crippen LogP) is 2.37. The van der Waals surface area contributed by atoms with E-state index in [1.807, 2.05) is 6.92 Å². The number of hydrogen-bond acceptors (Lipinski definition) is 5. The number of anilines is 1. The highest BCUT2D eigenvalue weighted by Gasteiger charge is 2.34. The van der Waals surface area contributed by atoms with Crippen LogP contribution in [0, 0.1) is 13.8 Å². The van der Waals surface area contributed by atoms with E-state index in [1.54, 1.807) is 4.90 Å². The van der Waals surface area contributed by atoms with Crippen LogP contribution in [-0.2, 0) is 14.3 Å². The fourth-order valence-corrected chi connectivity index (χ4v) is 4.22. The Kier molecular flexibility index (Phi) is 6.94. The number of rotatable bonds is 5. The molecule has 154 valence electrons. The van der Waals surface area contributed by atoms with Crippen LogP contribution in [0.4, 0.5) is 5.69 Å². The third kappa shape index (κ3) is 4.66. The number of ether oxygens (including phenoxy) is 1. The first-order valence-electron chi connectivity index (χ1n) is 10.5. The number of hydrogen-bond donors (Lipinski definition) is 0. The Morgan fingerprint density at radius 3 is 2.54 bits per heavy atom. The predicted molar refractivity (Wildman–Crippen MR) is 111 cm³/mol. The first kappa shape index (κ1) is 20.6. The molecule has 28 heavy (non-hydrogen) atoms. The van der Waals surface area contributed by atoms with E-state index in [1.165, 1.54) is 16.8 Å². The fraction of sp³-hybridized carbons (Fsp3) is 0.636. The molecular formula is C22H33N3O3. The van der Waals surface area contributed by atoms with E-state index in [0.717, 1.165) is 39.0 Å². The van der Waals surface area contributed by atoms with Gasteiger partial charge < -0.3 is 14.5 Å². The molecule has 2 saturated heterocycles. The molecule has 2 heterocycles. The molecule has 1 aromatic rings. The zero-order chi connectivity index (χ0) is 20.1. The van der Waals surface area contributed by atoms with Gasteiger partial charge in [0.2, 0.25) is 5.91 Å². The molecule has 2 aliphatic rings. The third-order valence-electron chi connectivity index (χ3n) is 6.03. The lowest BCUT2D eigenvalue weighted by Gasteiger charge is -2.39. The van der Waals surface area contributed by atoms with E-state index in [4.69, 9.17) is 4.74 Å². The number of esters is 1. The van der Waals surface area contributed by atoms with E-state index in [-0.39, 0.29) is 11.9 Å². The van der Waals surface area contributed by atoms with Crippen molar-refractivity contribution < 1.29 is 14.3 Å². The molecule has 0 spiro atoms. The second-order valence-electron chi connectivity index (χ2n) is 7.83. The Morgan fingerprint density at radius 1 is 1.07 bits per heavy atom. The molecule has 0 saturated carbocycles. The number of aryl methyl sites for hydroxylation is 1. The molecule has 2 aliphatic heterocycles. The lowest BCUT2D eigenvalue weighted by molar-refractivity contribution is -0.157. The number of likely N-dealkylation sites (tertiary alicyclic amines) is 1. The van der Waals surface area contributed by atoms with Gasteiger partial charge in [0.1, 0.15) is 6.04 Å². The van der Waals surface area contributed by atoms with Gasteiger partial charge in [0.15, 0.2) is 0 Å². The summed E-state index contributed by atoms with van der Waals surface area (Å²) < 4.78 is 5.18. The van der Waals surface area contributed by atoms with E-state index >= 15 is 0 Å². The quantitative estimate of drug-likeness (QED) is 0.726. The first-order chi connectivity index (χ1) is 13.5. The van der Waals surface area contributed by atoms with Crippen molar-refractivity contribution in [1.82, 2.24) is 9.80 Å². The fourth-order valence-electron chi connectivity index (χ4n) is 4.22. The van der Waals surface area contributed by atoms with Crippen LogP contribution in [0.25, 0.3) is 0 Å². The maximum absolute atomic E-state index is 12.9. The van der Waals surface area contributed by atoms with E-state index in [0.29, 0.717) is 26.1 Å². The van der Waals surface area contributed by atoms with E-state index < -0.39 is 6.04 Å². The van der Waals surface area contributed by atoms with Crippen LogP contribution < -0.4 is 4.90 Å². The van der Waals surface area contributed by atoms with Gasteiger partial charge in [-0.15, -0.1) is 0 Å². The van der Waals surface area contributed by atoms with Crippen molar-refractivity contribution >= 4 is 17.6 Å². The molecule has 3 rings (SSSR count). The second kappa shape index (κ2) is 9.41. The number of carbonyl (C=O) groups is 2. The molecule has 2 fully saturated rings. The number of carbonyl (C=O) groups excluding carboxylic acids is 2. The minimum Gasteiger partial charge on any atom is -0.464 e. The summed E-state index contributed by atoms with van der Waals surface area (Å²) in [6.07, 6.45) is 2.65. The number of amides is 1. The van der Waals surface area contributed by atoms with Gasteiger partial charge in [-0.05, 0) is 57.2 Å². The molecule has 0 aliphatic carbocycles. The van der Waals surface area contributed by atoms with Crippen molar-refractivity contribution in [2.75, 3.05) is 50.8 Å². The largest absolute Gasteiger partial charge is 0.464 e. The maximum atomic E-state index is 12.9. The highest BCUT2D eigenvalue weighted by atomic mass is 16.5. The van der Waals surface area contributed by atoms with Gasteiger partial charge >= 0.3 is 5.97 Å². The highest BCUT2D eigenvalue weighted by Crippen LogP contribution is 2.24. The Balaban J connectivity index is 1.55. The van der Waals surface area contributed by atoms with Gasteiger partial charge in [-0.3, -0.25) is 9.69 Å². The average molecular weight is 388 g/mol. The van der Waals surface area contributed by atoms with Crippen molar-refractivity contribution in [3.8, 4) is 0 Å². The Labute approximate surface area is 168 Å². The van der Waals surface area contributed by atoms with E-state index in [9.17, 15) is 9.59 Å². The van der Waals surface area contributed by atoms with Crippen LogP contribution in [0.15, 0.2) is 18.2 Å². The molecule has 1 atom stereocenters. The molecule has 0 bridgehead atoms. The standard InChI is InChI=1S/C22H33N3O3/c1-4-28-22(27)20-9-5-6-11-25(20)21(26)16-23-12-14-24(15-13-23)19-10-7-8-17(2)18(19)3/h7-8,10,20H,4-6,9,11-16H2,1-3H3. The summed E-state index contributed by atoms with van der Waals surface area (Å²) in [5.41, 5.74) is 3.94. The molecule has 6 nitrogen and oxygen atoms in total. The topological polar surface area (TPSA) is 53.1 Å². The van der Waals surface area contributed by atoms with Crippen molar-refractivity contribution in [3.63, 3.8) is 0 Å². The van der Waals surface area contributed by atoms with Gasteiger partial charge in [0.05, 0.1) is 13.2 Å². The van der Waals surface area contributed by atoms with Crippen LogP contribution in [0.3, 0.4) is 0 Å². The van der Waals surface area contributed by atoms with Gasteiger partial charge in [-0.25, -0.2) is 4.79 Å². The smallest absolute Gasteiger partial charge is 0.328 e. The Bertz CT molecular complexity index is 698. The Morgan fingerprint density at radius 2 is 1.82 bits per heavy atom. The first-order valence-corrected chi connectivity index (χ1v) is 10.5. The van der Waals surface area contributed by atoms with Crippen LogP contribution in [0.2, 0.25) is 0 Å². The minimum absolute atomic E-state index is 0.0536. The SMILES string of the molecule is CCOC(=O)C1CCCCN1C(=O)CN1CCN(c2cccc(C)c2C)CC1. The zero-order valence-electron chi connectivity index (χ0n) is 17.4. The number of nitrogens with zero attached hydrogens (tertiary/aromatic N) is 3. The summed E-state index contributed by atoms with van der Waals surface area (Å²) in [5.74, 6) is -0.201. The van der Waals surface area contributed by atoms with Crippen LogP contribution >= 0.6 is 0 Å². The average Bonchev–Trinajstić information content (AvgIpc) is 2.71. The third-order valence-corrected chi connectivity index (χ3v) is 6.03. The molecule has 1 unspecified atom stereocenters. The zero-order valence-corrected chi connectivity index (χ0v) is 17.4. The minimum atomic E-state index is -0.405. The summed E-state index contributed by atoms with van der Waals surface area (Å²) >= 11 is 0. The second-order valence-corrected chi connectivity index (χ2v) is 7.83. The molecule has 0 aromatic heterocycles. The maximum Gasteiger partial charge on any atom is 0.328 e. The Hall–Kier alpha value is -2.08. The summed E-state index contributed by atoms with van der Waals surface area (Å²) in [5, 5.41) is 0. The van der Waals surface area contributed by atoms with Crippen LogP contribution in [0.5, 0.6) is 0 Å². The lowest BCUT2D eigenvalue weighted by atomic mass is 10.0. The molecule has 0 N–H and O–H groups in total. The van der Waals surface area contributed by atoms with Gasteiger partial charge in [-0.1, -0.05) is 12.1 Å². The van der Waals surface area contributed by atoms with Gasteiger partial charge in [0, 0.05) is 38.4 Å². The summed E-state index contributed by atoms with van der Waals surface area (Å²) in [7, 11) is 0. The number of piperidine rings is 1. The van der Waals surface area contributed by atoms with Gasteiger partial charge in [-0.2, -0.15) is 0 Å². The lowest BCUT2D eigenvalue weighted by Crippen LogP contribution is -2.54. The molecule has 6 heteroatoms. The van der Waals surface area contributed by atoms with Crippen LogP contribution in [0.1, 0.15) is 37.3 Å². The highest BCUT2D eigenvalue weighted by molar-refractivity contribution is 5.85. The van der Waals surface area contributed by atoms with Crippen LogP contribution in [-0.4, -0.2) is 73.6 Å². The molecule has 1 amide bonds. The van der Waals surface area contributed by atoms with Crippen molar-refractivity contribution in [2.45, 2.75) is 46.1 Å². The van der Waals surface area contributed by atoms with Crippen molar-refractivity contribution in [2.24, 2.45) is 0 Å². The molecule has 0 radical (unpaired) electrons. The molecular weight excluding hydrogens is 354 g/mol. The monoisotopic (exact) mass is 387 g/mol. The number of piperazine rings is 1. The van der Waals surface area contributed by atoms with Crippen molar-refractivity contribution in [3.05, 3.63) is 29.3 Å². The molecule has 1 aromatic carbocycles. The number of benzene rings is 1. The summed E-state index contributed by atoms with van der Waals surface area (Å²) in [6, 6.07) is 6.03. The van der Waals surface area contributed by atoms with Gasteiger partial charge in [0.25, 0.3) is 0 Å².